The molecular weight excluding hydrogens is 353 g/mol. The molecule has 1 heterocycles. The Kier molecular flexibility index (Phi) is 6.60. The number of anilines is 1. The summed E-state index contributed by atoms with van der Waals surface area (Å²) in [6, 6.07) is 12.1. The lowest BCUT2D eigenvalue weighted by Gasteiger charge is -2.10. The third-order valence-corrected chi connectivity index (χ3v) is 4.79. The number of rotatable bonds is 6. The van der Waals surface area contributed by atoms with Crippen LogP contribution in [0, 0.1) is 5.82 Å². The second-order valence-electron chi connectivity index (χ2n) is 5.76. The second-order valence-corrected chi connectivity index (χ2v) is 6.93. The zero-order chi connectivity index (χ0) is 18.2. The van der Waals surface area contributed by atoms with E-state index in [1.807, 2.05) is 18.2 Å². The minimum Gasteiger partial charge on any atom is -0.490 e. The molecule has 1 aliphatic heterocycles. The Bertz CT molecular complexity index is 753. The summed E-state index contributed by atoms with van der Waals surface area (Å²) in [6.45, 7) is 1.93. The van der Waals surface area contributed by atoms with E-state index in [1.54, 1.807) is 23.9 Å². The van der Waals surface area contributed by atoms with Crippen molar-refractivity contribution in [2.24, 2.45) is 10.7 Å². The summed E-state index contributed by atoms with van der Waals surface area (Å²) in [4.78, 5) is 5.38. The van der Waals surface area contributed by atoms with Crippen molar-refractivity contribution in [3.05, 3.63) is 48.3 Å². The Balaban J connectivity index is 1.43. The Morgan fingerprint density at radius 1 is 1.12 bits per heavy atom. The van der Waals surface area contributed by atoms with Gasteiger partial charge in [0.05, 0.1) is 13.2 Å². The van der Waals surface area contributed by atoms with Crippen LogP contribution < -0.4 is 20.5 Å². The fourth-order valence-electron chi connectivity index (χ4n) is 2.41. The highest BCUT2D eigenvalue weighted by atomic mass is 32.2. The average molecular weight is 375 g/mol. The Morgan fingerprint density at radius 2 is 1.88 bits per heavy atom. The molecule has 0 bridgehead atoms. The summed E-state index contributed by atoms with van der Waals surface area (Å²) in [6.07, 6.45) is 1.75. The monoisotopic (exact) mass is 375 g/mol. The fourth-order valence-corrected chi connectivity index (χ4v) is 3.25. The lowest BCUT2D eigenvalue weighted by molar-refractivity contribution is 0.297. The van der Waals surface area contributed by atoms with Crippen molar-refractivity contribution in [3.8, 4) is 11.5 Å². The van der Waals surface area contributed by atoms with E-state index in [4.69, 9.17) is 15.2 Å². The Hall–Kier alpha value is -2.41. The first-order chi connectivity index (χ1) is 12.7. The average Bonchev–Trinajstić information content (AvgIpc) is 2.88. The quantitative estimate of drug-likeness (QED) is 0.347. The number of benzene rings is 2. The standard InChI is InChI=1S/C19H22FN3O2S/c20-14-3-6-16(7-4-14)26-12-1-9-22-19(21)23-15-5-8-17-18(13-15)25-11-2-10-24-17/h3-8,13H,1-2,9-12H2,(H3,21,22,23). The van der Waals surface area contributed by atoms with Crippen LogP contribution in [0.3, 0.4) is 0 Å². The summed E-state index contributed by atoms with van der Waals surface area (Å²) in [5, 5.41) is 3.07. The van der Waals surface area contributed by atoms with Gasteiger partial charge >= 0.3 is 0 Å². The normalized spacial score (nSPS) is 14.0. The van der Waals surface area contributed by atoms with E-state index in [1.165, 1.54) is 12.1 Å². The van der Waals surface area contributed by atoms with Crippen molar-refractivity contribution >= 4 is 23.4 Å². The molecular formula is C19H22FN3O2S. The number of halogens is 1. The van der Waals surface area contributed by atoms with Crippen LogP contribution in [0.5, 0.6) is 11.5 Å². The summed E-state index contributed by atoms with van der Waals surface area (Å²) in [7, 11) is 0. The van der Waals surface area contributed by atoms with Crippen LogP contribution in [-0.2, 0) is 0 Å². The molecule has 0 atom stereocenters. The van der Waals surface area contributed by atoms with Gasteiger partial charge < -0.3 is 20.5 Å². The molecule has 0 saturated heterocycles. The minimum atomic E-state index is -0.215. The van der Waals surface area contributed by atoms with Gasteiger partial charge in [-0.05, 0) is 48.6 Å². The number of aliphatic imine (C=N–C) groups is 1. The van der Waals surface area contributed by atoms with Gasteiger partial charge in [0.15, 0.2) is 17.5 Å². The van der Waals surface area contributed by atoms with Gasteiger partial charge in [-0.1, -0.05) is 0 Å². The highest BCUT2D eigenvalue weighted by Gasteiger charge is 2.10. The summed E-state index contributed by atoms with van der Waals surface area (Å²) < 4.78 is 24.1. The molecule has 138 valence electrons. The van der Waals surface area contributed by atoms with E-state index in [0.717, 1.165) is 40.7 Å². The molecule has 0 aliphatic carbocycles. The molecule has 0 amide bonds. The van der Waals surface area contributed by atoms with Crippen LogP contribution >= 0.6 is 11.8 Å². The molecule has 26 heavy (non-hydrogen) atoms. The molecule has 1 aliphatic rings. The third-order valence-electron chi connectivity index (χ3n) is 3.69. The molecule has 0 radical (unpaired) electrons. The zero-order valence-corrected chi connectivity index (χ0v) is 15.2. The molecule has 3 N–H and O–H groups in total. The van der Waals surface area contributed by atoms with Gasteiger partial charge in [-0.15, -0.1) is 11.8 Å². The summed E-state index contributed by atoms with van der Waals surface area (Å²) >= 11 is 1.67. The molecule has 0 aromatic heterocycles. The van der Waals surface area contributed by atoms with Gasteiger partial charge in [-0.3, -0.25) is 4.99 Å². The van der Waals surface area contributed by atoms with Crippen LogP contribution in [0.1, 0.15) is 12.8 Å². The zero-order valence-electron chi connectivity index (χ0n) is 14.4. The van der Waals surface area contributed by atoms with E-state index >= 15 is 0 Å². The molecule has 0 fully saturated rings. The van der Waals surface area contributed by atoms with Gasteiger partial charge in [0, 0.05) is 29.6 Å². The van der Waals surface area contributed by atoms with Crippen LogP contribution in [0.4, 0.5) is 10.1 Å². The van der Waals surface area contributed by atoms with Gasteiger partial charge in [-0.2, -0.15) is 0 Å². The van der Waals surface area contributed by atoms with Crippen molar-refractivity contribution < 1.29 is 13.9 Å². The number of ether oxygens (including phenoxy) is 2. The van der Waals surface area contributed by atoms with Crippen molar-refractivity contribution in [1.29, 1.82) is 0 Å². The number of nitrogens with zero attached hydrogens (tertiary/aromatic N) is 1. The predicted octanol–water partition coefficient (Wildman–Crippen LogP) is 3.90. The Morgan fingerprint density at radius 3 is 2.69 bits per heavy atom. The molecule has 0 spiro atoms. The topological polar surface area (TPSA) is 68.9 Å². The maximum Gasteiger partial charge on any atom is 0.193 e. The maximum absolute atomic E-state index is 12.8. The minimum absolute atomic E-state index is 0.215. The van der Waals surface area contributed by atoms with Crippen LogP contribution in [-0.4, -0.2) is 31.5 Å². The maximum atomic E-state index is 12.8. The highest BCUT2D eigenvalue weighted by Crippen LogP contribution is 2.32. The van der Waals surface area contributed by atoms with Crippen molar-refractivity contribution in [2.45, 2.75) is 17.7 Å². The number of nitrogens with one attached hydrogen (secondary N) is 1. The first-order valence-electron chi connectivity index (χ1n) is 8.56. The Labute approximate surface area is 156 Å². The fraction of sp³-hybridized carbons (Fsp3) is 0.316. The summed E-state index contributed by atoms with van der Waals surface area (Å²) in [5.41, 5.74) is 6.76. The molecule has 2 aromatic rings. The van der Waals surface area contributed by atoms with Gasteiger partial charge in [0.1, 0.15) is 5.82 Å². The number of nitrogens with two attached hydrogens (primary N) is 1. The van der Waals surface area contributed by atoms with Crippen LogP contribution in [0.15, 0.2) is 52.4 Å². The summed E-state index contributed by atoms with van der Waals surface area (Å²) in [5.74, 6) is 2.52. The first-order valence-corrected chi connectivity index (χ1v) is 9.54. The van der Waals surface area contributed by atoms with E-state index in [2.05, 4.69) is 10.3 Å². The van der Waals surface area contributed by atoms with Crippen molar-refractivity contribution in [3.63, 3.8) is 0 Å². The van der Waals surface area contributed by atoms with E-state index in [0.29, 0.717) is 25.7 Å². The van der Waals surface area contributed by atoms with Gasteiger partial charge in [-0.25, -0.2) is 4.39 Å². The van der Waals surface area contributed by atoms with E-state index in [-0.39, 0.29) is 5.82 Å². The number of thioether (sulfide) groups is 1. The smallest absolute Gasteiger partial charge is 0.193 e. The first kappa shape index (κ1) is 18.4. The third kappa shape index (κ3) is 5.56. The number of guanidine groups is 1. The highest BCUT2D eigenvalue weighted by molar-refractivity contribution is 7.99. The molecule has 3 rings (SSSR count). The number of hydrogen-bond donors (Lipinski definition) is 2. The second kappa shape index (κ2) is 9.33. The van der Waals surface area contributed by atoms with E-state index in [9.17, 15) is 4.39 Å². The van der Waals surface area contributed by atoms with Crippen molar-refractivity contribution in [1.82, 2.24) is 0 Å². The molecule has 0 saturated carbocycles. The molecule has 0 unspecified atom stereocenters. The van der Waals surface area contributed by atoms with Crippen molar-refractivity contribution in [2.75, 3.05) is 30.8 Å². The number of fused-ring (bicyclic) bond motifs is 1. The van der Waals surface area contributed by atoms with Gasteiger partial charge in [0.25, 0.3) is 0 Å². The van der Waals surface area contributed by atoms with E-state index < -0.39 is 0 Å². The molecule has 2 aromatic carbocycles. The predicted molar refractivity (Wildman–Crippen MR) is 104 cm³/mol. The molecule has 7 heteroatoms. The van der Waals surface area contributed by atoms with Gasteiger partial charge in [0.2, 0.25) is 0 Å². The van der Waals surface area contributed by atoms with Crippen LogP contribution in [0.2, 0.25) is 0 Å². The molecule has 5 nitrogen and oxygen atoms in total. The lowest BCUT2D eigenvalue weighted by atomic mass is 10.3. The largest absolute Gasteiger partial charge is 0.490 e. The van der Waals surface area contributed by atoms with Crippen LogP contribution in [0.25, 0.3) is 0 Å². The number of hydrogen-bond acceptors (Lipinski definition) is 4. The SMILES string of the molecule is NC(=NCCCSc1ccc(F)cc1)Nc1ccc2c(c1)OCCCO2. The lowest BCUT2D eigenvalue weighted by Crippen LogP contribution is -2.22.